The highest BCUT2D eigenvalue weighted by Crippen LogP contribution is 2.33. The number of hydrogen-bond donors (Lipinski definition) is 0. The minimum absolute atomic E-state index is 0.238. The second-order valence-corrected chi connectivity index (χ2v) is 5.80. The van der Waals surface area contributed by atoms with Crippen molar-refractivity contribution in [1.82, 2.24) is 0 Å². The lowest BCUT2D eigenvalue weighted by Crippen LogP contribution is -1.98. The van der Waals surface area contributed by atoms with Gasteiger partial charge in [-0.15, -0.1) is 22.9 Å². The first kappa shape index (κ1) is 12.8. The van der Waals surface area contributed by atoms with E-state index in [1.165, 1.54) is 23.5 Å². The normalized spacial score (nSPS) is 12.7. The summed E-state index contributed by atoms with van der Waals surface area (Å²) >= 11 is 13.3. The lowest BCUT2D eigenvalue weighted by molar-refractivity contribution is 0.498. The molecule has 2 aromatic rings. The van der Waals surface area contributed by atoms with E-state index in [4.69, 9.17) is 23.2 Å². The Morgan fingerprint density at radius 1 is 1.18 bits per heavy atom. The summed E-state index contributed by atoms with van der Waals surface area (Å²) in [7, 11) is 0. The van der Waals surface area contributed by atoms with E-state index in [0.717, 1.165) is 10.9 Å². The van der Waals surface area contributed by atoms with Gasteiger partial charge in [-0.05, 0) is 30.2 Å². The van der Waals surface area contributed by atoms with E-state index >= 15 is 0 Å². The first-order chi connectivity index (χ1) is 8.08. The first-order valence-electron chi connectivity index (χ1n) is 4.90. The maximum Gasteiger partial charge on any atom is 0.162 e. The summed E-state index contributed by atoms with van der Waals surface area (Å²) in [5.74, 6) is -1.68. The first-order valence-corrected chi connectivity index (χ1v) is 6.53. The molecule has 0 N–H and O–H groups in total. The fraction of sp³-hybridized carbons (Fsp3) is 0.167. The highest BCUT2D eigenvalue weighted by Gasteiger charge is 2.15. The molecule has 1 aromatic carbocycles. The Hall–Kier alpha value is -0.640. The van der Waals surface area contributed by atoms with Gasteiger partial charge >= 0.3 is 0 Å². The van der Waals surface area contributed by atoms with E-state index in [-0.39, 0.29) is 12.0 Å². The summed E-state index contributed by atoms with van der Waals surface area (Å²) in [4.78, 5) is 0.848. The quantitative estimate of drug-likeness (QED) is 0.682. The molecular weight excluding hydrogens is 285 g/mol. The van der Waals surface area contributed by atoms with Crippen molar-refractivity contribution in [3.05, 3.63) is 56.7 Å². The van der Waals surface area contributed by atoms with E-state index < -0.39 is 17.0 Å². The average Bonchev–Trinajstić information content (AvgIpc) is 2.72. The Morgan fingerprint density at radius 2 is 1.94 bits per heavy atom. The molecule has 5 heteroatoms. The summed E-state index contributed by atoms with van der Waals surface area (Å²) in [5, 5.41) is -0.399. The number of halogens is 4. The summed E-state index contributed by atoms with van der Waals surface area (Å²) in [6, 6.07) is 7.62. The smallest absolute Gasteiger partial charge is 0.162 e. The Balaban J connectivity index is 2.18. The van der Waals surface area contributed by atoms with Crippen LogP contribution in [0.25, 0.3) is 0 Å². The number of rotatable bonds is 3. The maximum atomic E-state index is 13.4. The van der Waals surface area contributed by atoms with Crippen LogP contribution in [0.3, 0.4) is 0 Å². The molecule has 2 rings (SSSR count). The zero-order valence-corrected chi connectivity index (χ0v) is 10.9. The Morgan fingerprint density at radius 3 is 2.59 bits per heavy atom. The molecule has 90 valence electrons. The van der Waals surface area contributed by atoms with Crippen LogP contribution in [0.15, 0.2) is 30.3 Å². The molecule has 1 aromatic heterocycles. The maximum absolute atomic E-state index is 13.4. The highest BCUT2D eigenvalue weighted by atomic mass is 35.5. The number of benzene rings is 1. The molecule has 0 saturated carbocycles. The minimum Gasteiger partial charge on any atom is -0.204 e. The van der Waals surface area contributed by atoms with Crippen molar-refractivity contribution < 1.29 is 8.78 Å². The van der Waals surface area contributed by atoms with Gasteiger partial charge in [0.2, 0.25) is 0 Å². The molecule has 0 amide bonds. The molecule has 0 saturated heterocycles. The molecule has 0 aliphatic heterocycles. The van der Waals surface area contributed by atoms with Crippen LogP contribution in [-0.2, 0) is 6.42 Å². The van der Waals surface area contributed by atoms with Crippen molar-refractivity contribution in [2.75, 3.05) is 0 Å². The molecule has 0 spiro atoms. The Labute approximate surface area is 112 Å². The molecule has 0 aliphatic carbocycles. The van der Waals surface area contributed by atoms with Crippen molar-refractivity contribution in [1.29, 1.82) is 0 Å². The van der Waals surface area contributed by atoms with Crippen LogP contribution in [0.4, 0.5) is 8.78 Å². The van der Waals surface area contributed by atoms with Gasteiger partial charge in [-0.1, -0.05) is 23.7 Å². The van der Waals surface area contributed by atoms with Gasteiger partial charge in [-0.25, -0.2) is 8.78 Å². The standard InChI is InChI=1S/C12H8Cl2F2S/c13-8(10-4-5-11(14)17-10)6-7-2-1-3-9(15)12(7)16/h1-5,8H,6H2. The van der Waals surface area contributed by atoms with Crippen molar-refractivity contribution >= 4 is 34.5 Å². The summed E-state index contributed by atoms with van der Waals surface area (Å²) in [6.07, 6.45) is 0.238. The van der Waals surface area contributed by atoms with Crippen molar-refractivity contribution in [2.45, 2.75) is 11.8 Å². The second kappa shape index (κ2) is 5.34. The molecule has 17 heavy (non-hydrogen) atoms. The lowest BCUT2D eigenvalue weighted by Gasteiger charge is -2.08. The van der Waals surface area contributed by atoms with Crippen LogP contribution in [0, 0.1) is 11.6 Å². The number of thiophene rings is 1. The molecule has 0 aliphatic rings. The van der Waals surface area contributed by atoms with Crippen molar-refractivity contribution in [3.8, 4) is 0 Å². The third-order valence-corrected chi connectivity index (χ3v) is 4.20. The second-order valence-electron chi connectivity index (χ2n) is 3.53. The molecule has 0 bridgehead atoms. The molecular formula is C12H8Cl2F2S. The highest BCUT2D eigenvalue weighted by molar-refractivity contribution is 7.16. The fourth-order valence-corrected chi connectivity index (χ4v) is 2.91. The number of hydrogen-bond acceptors (Lipinski definition) is 1. The van der Waals surface area contributed by atoms with Crippen LogP contribution in [0.2, 0.25) is 4.34 Å². The fourth-order valence-electron chi connectivity index (χ4n) is 1.50. The third kappa shape index (κ3) is 2.97. The molecule has 1 heterocycles. The van der Waals surface area contributed by atoms with Gasteiger partial charge in [0, 0.05) is 4.88 Å². The van der Waals surface area contributed by atoms with Gasteiger partial charge in [0.05, 0.1) is 9.71 Å². The Bertz CT molecular complexity index is 525. The van der Waals surface area contributed by atoms with Crippen LogP contribution in [0.5, 0.6) is 0 Å². The molecule has 1 atom stereocenters. The molecule has 1 unspecified atom stereocenters. The molecule has 0 fully saturated rings. The Kier molecular flexibility index (Phi) is 4.02. The SMILES string of the molecule is Fc1cccc(CC(Cl)c2ccc(Cl)s2)c1F. The lowest BCUT2D eigenvalue weighted by atomic mass is 10.1. The summed E-state index contributed by atoms with van der Waals surface area (Å²) < 4.78 is 27.1. The van der Waals surface area contributed by atoms with E-state index in [1.807, 2.05) is 0 Å². The molecule has 0 nitrogen and oxygen atoms in total. The van der Waals surface area contributed by atoms with Crippen molar-refractivity contribution in [3.63, 3.8) is 0 Å². The van der Waals surface area contributed by atoms with E-state index in [2.05, 4.69) is 0 Å². The van der Waals surface area contributed by atoms with Crippen molar-refractivity contribution in [2.24, 2.45) is 0 Å². The summed E-state index contributed by atoms with van der Waals surface area (Å²) in [6.45, 7) is 0. The van der Waals surface area contributed by atoms with Crippen LogP contribution < -0.4 is 0 Å². The van der Waals surface area contributed by atoms with Gasteiger partial charge in [0.1, 0.15) is 0 Å². The average molecular weight is 293 g/mol. The van der Waals surface area contributed by atoms with Gasteiger partial charge in [0.15, 0.2) is 11.6 Å². The minimum atomic E-state index is -0.851. The zero-order chi connectivity index (χ0) is 12.4. The zero-order valence-electron chi connectivity index (χ0n) is 8.59. The predicted octanol–water partition coefficient (Wildman–Crippen LogP) is 5.20. The van der Waals surface area contributed by atoms with Crippen LogP contribution >= 0.6 is 34.5 Å². The van der Waals surface area contributed by atoms with Gasteiger partial charge in [-0.2, -0.15) is 0 Å². The van der Waals surface area contributed by atoms with Crippen LogP contribution in [-0.4, -0.2) is 0 Å². The van der Waals surface area contributed by atoms with Gasteiger partial charge in [0.25, 0.3) is 0 Å². The van der Waals surface area contributed by atoms with E-state index in [1.54, 1.807) is 12.1 Å². The monoisotopic (exact) mass is 292 g/mol. The van der Waals surface area contributed by atoms with Crippen LogP contribution in [0.1, 0.15) is 15.8 Å². The van der Waals surface area contributed by atoms with E-state index in [0.29, 0.717) is 4.34 Å². The van der Waals surface area contributed by atoms with Gasteiger partial charge in [-0.3, -0.25) is 0 Å². The topological polar surface area (TPSA) is 0 Å². The molecule has 0 radical (unpaired) electrons. The van der Waals surface area contributed by atoms with Gasteiger partial charge < -0.3 is 0 Å². The summed E-state index contributed by atoms with van der Waals surface area (Å²) in [5.41, 5.74) is 0.273. The predicted molar refractivity (Wildman–Crippen MR) is 68.0 cm³/mol. The number of alkyl halides is 1. The largest absolute Gasteiger partial charge is 0.204 e. The van der Waals surface area contributed by atoms with E-state index in [9.17, 15) is 8.78 Å². The third-order valence-electron chi connectivity index (χ3n) is 2.33.